The summed E-state index contributed by atoms with van der Waals surface area (Å²) in [5.41, 5.74) is -0.369. The molecule has 4 nitrogen and oxygen atoms in total. The van der Waals surface area contributed by atoms with E-state index in [1.807, 2.05) is 6.92 Å². The summed E-state index contributed by atoms with van der Waals surface area (Å²) in [5.74, 6) is 3.28. The van der Waals surface area contributed by atoms with Crippen LogP contribution in [0.5, 0.6) is 0 Å². The van der Waals surface area contributed by atoms with Crippen LogP contribution in [0.4, 0.5) is 0 Å². The van der Waals surface area contributed by atoms with Crippen molar-refractivity contribution in [1.29, 1.82) is 0 Å². The van der Waals surface area contributed by atoms with E-state index in [-0.39, 0.29) is 24.3 Å². The maximum atomic E-state index is 12.5. The first kappa shape index (κ1) is 23.6. The van der Waals surface area contributed by atoms with Crippen molar-refractivity contribution in [3.63, 3.8) is 0 Å². The maximum Gasteiger partial charge on any atom is 0.309 e. The van der Waals surface area contributed by atoms with Crippen molar-refractivity contribution in [2.24, 2.45) is 40.9 Å². The SMILES string of the molecule is COC(=O)C[C@@]1(C)OC(=O)CC[C@H]2[C@@H]3CC[C@H]([C@H](C)CCCC(C)C)[C@@]3(C)CC[C@@H]21. The molecule has 3 fully saturated rings. The Morgan fingerprint density at radius 2 is 1.83 bits per heavy atom. The van der Waals surface area contributed by atoms with Crippen molar-refractivity contribution in [1.82, 2.24) is 0 Å². The molecule has 2 saturated carbocycles. The first-order valence-corrected chi connectivity index (χ1v) is 12.4. The van der Waals surface area contributed by atoms with Crippen molar-refractivity contribution in [2.75, 3.05) is 7.11 Å². The summed E-state index contributed by atoms with van der Waals surface area (Å²) < 4.78 is 10.9. The number of rotatable bonds is 7. The Morgan fingerprint density at radius 1 is 1.10 bits per heavy atom. The van der Waals surface area contributed by atoms with E-state index in [4.69, 9.17) is 9.47 Å². The van der Waals surface area contributed by atoms with Crippen LogP contribution in [0.2, 0.25) is 0 Å². The van der Waals surface area contributed by atoms with Gasteiger partial charge in [-0.05, 0) is 74.0 Å². The molecule has 0 aromatic carbocycles. The van der Waals surface area contributed by atoms with Gasteiger partial charge < -0.3 is 9.47 Å². The molecule has 30 heavy (non-hydrogen) atoms. The van der Waals surface area contributed by atoms with Crippen LogP contribution in [-0.4, -0.2) is 24.6 Å². The number of methoxy groups -OCH3 is 1. The summed E-state index contributed by atoms with van der Waals surface area (Å²) in [7, 11) is 1.42. The van der Waals surface area contributed by atoms with E-state index in [9.17, 15) is 9.59 Å². The van der Waals surface area contributed by atoms with E-state index in [0.717, 1.165) is 30.6 Å². The minimum Gasteiger partial charge on any atom is -0.469 e. The van der Waals surface area contributed by atoms with Gasteiger partial charge in [-0.25, -0.2) is 0 Å². The van der Waals surface area contributed by atoms with Crippen LogP contribution in [0.1, 0.15) is 98.8 Å². The predicted molar refractivity (Wildman–Crippen MR) is 119 cm³/mol. The Balaban J connectivity index is 1.78. The molecule has 0 aromatic rings. The molecule has 0 unspecified atom stereocenters. The van der Waals surface area contributed by atoms with Gasteiger partial charge in [0.15, 0.2) is 0 Å². The third-order valence-corrected chi connectivity index (χ3v) is 9.17. The molecule has 3 aliphatic rings. The zero-order chi connectivity index (χ0) is 22.1. The van der Waals surface area contributed by atoms with Crippen LogP contribution in [0, 0.1) is 40.9 Å². The molecule has 172 valence electrons. The second kappa shape index (κ2) is 9.20. The van der Waals surface area contributed by atoms with Crippen molar-refractivity contribution in [3.8, 4) is 0 Å². The molecule has 7 atom stereocenters. The highest BCUT2D eigenvalue weighted by atomic mass is 16.6. The number of cyclic esters (lactones) is 1. The van der Waals surface area contributed by atoms with Gasteiger partial charge in [0.05, 0.1) is 13.5 Å². The highest BCUT2D eigenvalue weighted by Crippen LogP contribution is 2.64. The lowest BCUT2D eigenvalue weighted by molar-refractivity contribution is -0.173. The van der Waals surface area contributed by atoms with Gasteiger partial charge in [0.25, 0.3) is 0 Å². The minimum absolute atomic E-state index is 0.144. The van der Waals surface area contributed by atoms with Crippen molar-refractivity contribution in [3.05, 3.63) is 0 Å². The Labute approximate surface area is 183 Å². The average Bonchev–Trinajstić information content (AvgIpc) is 2.96. The van der Waals surface area contributed by atoms with E-state index >= 15 is 0 Å². The number of carbonyl (C=O) groups is 2. The predicted octanol–water partition coefficient (Wildman–Crippen LogP) is 6.17. The number of fused-ring (bicyclic) bond motifs is 3. The summed E-state index contributed by atoms with van der Waals surface area (Å²) in [6.07, 6.45) is 10.4. The number of hydrogen-bond acceptors (Lipinski definition) is 4. The smallest absolute Gasteiger partial charge is 0.309 e. The van der Waals surface area contributed by atoms with Gasteiger partial charge in [0.2, 0.25) is 0 Å². The zero-order valence-corrected chi connectivity index (χ0v) is 20.2. The normalized spacial score (nSPS) is 39.6. The van der Waals surface area contributed by atoms with Gasteiger partial charge in [-0.1, -0.05) is 47.0 Å². The van der Waals surface area contributed by atoms with Gasteiger partial charge >= 0.3 is 11.9 Å². The van der Waals surface area contributed by atoms with Crippen molar-refractivity contribution in [2.45, 2.75) is 104 Å². The second-order valence-corrected chi connectivity index (χ2v) is 11.5. The first-order chi connectivity index (χ1) is 14.1. The van der Waals surface area contributed by atoms with E-state index in [1.165, 1.54) is 45.6 Å². The van der Waals surface area contributed by atoms with Crippen LogP contribution >= 0.6 is 0 Å². The van der Waals surface area contributed by atoms with Crippen LogP contribution < -0.4 is 0 Å². The molecule has 2 aliphatic carbocycles. The van der Waals surface area contributed by atoms with Gasteiger partial charge in [-0.3, -0.25) is 9.59 Å². The standard InChI is InChI=1S/C26H44O4/c1-17(2)8-7-9-18(3)20-11-12-21-19-10-13-23(27)30-26(5,16-24(28)29-6)22(19)14-15-25(20,21)4/h17-22H,7-16H2,1-6H3/t18-,19+,20-,21+,22+,25-,26-/m1/s1. The average molecular weight is 421 g/mol. The number of hydrogen-bond donors (Lipinski definition) is 0. The fourth-order valence-electron chi connectivity index (χ4n) is 7.67. The number of ether oxygens (including phenoxy) is 2. The van der Waals surface area contributed by atoms with E-state index in [1.54, 1.807) is 0 Å². The van der Waals surface area contributed by atoms with Crippen LogP contribution in [0.3, 0.4) is 0 Å². The lowest BCUT2D eigenvalue weighted by Gasteiger charge is -2.52. The molecule has 1 heterocycles. The largest absolute Gasteiger partial charge is 0.469 e. The third kappa shape index (κ3) is 4.58. The third-order valence-electron chi connectivity index (χ3n) is 9.17. The highest BCUT2D eigenvalue weighted by Gasteiger charge is 2.59. The summed E-state index contributed by atoms with van der Waals surface area (Å²) in [5, 5.41) is 0. The highest BCUT2D eigenvalue weighted by molar-refractivity contribution is 5.74. The fourth-order valence-corrected chi connectivity index (χ4v) is 7.67. The monoisotopic (exact) mass is 420 g/mol. The molecule has 0 bridgehead atoms. The molecule has 0 N–H and O–H groups in total. The second-order valence-electron chi connectivity index (χ2n) is 11.5. The molecule has 1 saturated heterocycles. The maximum absolute atomic E-state index is 12.5. The van der Waals surface area contributed by atoms with Gasteiger partial charge in [-0.15, -0.1) is 0 Å². The van der Waals surface area contributed by atoms with E-state index in [2.05, 4.69) is 27.7 Å². The summed E-state index contributed by atoms with van der Waals surface area (Å²) in [4.78, 5) is 24.6. The Bertz CT molecular complexity index is 629. The lowest BCUT2D eigenvalue weighted by Crippen LogP contribution is -2.51. The molecule has 0 amide bonds. The van der Waals surface area contributed by atoms with E-state index < -0.39 is 5.60 Å². The van der Waals surface area contributed by atoms with Crippen LogP contribution in [-0.2, 0) is 19.1 Å². The van der Waals surface area contributed by atoms with Crippen molar-refractivity contribution < 1.29 is 19.1 Å². The van der Waals surface area contributed by atoms with Gasteiger partial charge in [0, 0.05) is 12.3 Å². The fraction of sp³-hybridized carbons (Fsp3) is 0.923. The van der Waals surface area contributed by atoms with Crippen LogP contribution in [0.15, 0.2) is 0 Å². The molecule has 0 spiro atoms. The molecule has 1 aliphatic heterocycles. The molecule has 4 heteroatoms. The van der Waals surface area contributed by atoms with E-state index in [0.29, 0.717) is 23.7 Å². The van der Waals surface area contributed by atoms with Crippen LogP contribution in [0.25, 0.3) is 0 Å². The number of carbonyl (C=O) groups excluding carboxylic acids is 2. The first-order valence-electron chi connectivity index (χ1n) is 12.4. The molecular formula is C26H44O4. The number of esters is 2. The molecule has 3 rings (SSSR count). The molecular weight excluding hydrogens is 376 g/mol. The summed E-state index contributed by atoms with van der Waals surface area (Å²) in [6.45, 7) is 11.6. The summed E-state index contributed by atoms with van der Waals surface area (Å²) in [6, 6.07) is 0. The Kier molecular flexibility index (Phi) is 7.24. The zero-order valence-electron chi connectivity index (χ0n) is 20.2. The molecule has 0 radical (unpaired) electrons. The summed E-state index contributed by atoms with van der Waals surface area (Å²) >= 11 is 0. The lowest BCUT2D eigenvalue weighted by atomic mass is 9.53. The molecule has 0 aromatic heterocycles. The van der Waals surface area contributed by atoms with Gasteiger partial charge in [-0.2, -0.15) is 0 Å². The Hall–Kier alpha value is -1.06. The van der Waals surface area contributed by atoms with Crippen molar-refractivity contribution >= 4 is 11.9 Å². The van der Waals surface area contributed by atoms with Gasteiger partial charge in [0.1, 0.15) is 5.60 Å². The topological polar surface area (TPSA) is 52.6 Å². The minimum atomic E-state index is -0.729. The Morgan fingerprint density at radius 3 is 2.50 bits per heavy atom. The quantitative estimate of drug-likeness (QED) is 0.462.